The van der Waals surface area contributed by atoms with Crippen LogP contribution in [0.3, 0.4) is 0 Å². The van der Waals surface area contributed by atoms with Gasteiger partial charge in [0.25, 0.3) is 5.91 Å². The molecule has 1 unspecified atom stereocenters. The first-order chi connectivity index (χ1) is 8.34. The minimum Gasteiger partial charge on any atom is -0.368 e. The van der Waals surface area contributed by atoms with Crippen LogP contribution >= 0.6 is 0 Å². The SMILES string of the molecule is CC(C)C(NC(=O)c1ccnc(F)c1F)C(N)=O. The van der Waals surface area contributed by atoms with Crippen LogP contribution in [-0.2, 0) is 4.79 Å². The molecule has 18 heavy (non-hydrogen) atoms. The maximum Gasteiger partial charge on any atom is 0.255 e. The lowest BCUT2D eigenvalue weighted by Crippen LogP contribution is -2.47. The molecular weight excluding hydrogens is 244 g/mol. The van der Waals surface area contributed by atoms with Gasteiger partial charge in [-0.15, -0.1) is 0 Å². The van der Waals surface area contributed by atoms with Crippen LogP contribution < -0.4 is 11.1 Å². The molecule has 1 aromatic heterocycles. The summed E-state index contributed by atoms with van der Waals surface area (Å²) in [5.41, 5.74) is 4.58. The third-order valence-corrected chi connectivity index (χ3v) is 2.35. The Hall–Kier alpha value is -2.05. The lowest BCUT2D eigenvalue weighted by Gasteiger charge is -2.18. The third kappa shape index (κ3) is 2.99. The Morgan fingerprint density at radius 3 is 2.50 bits per heavy atom. The Morgan fingerprint density at radius 2 is 2.00 bits per heavy atom. The zero-order chi connectivity index (χ0) is 13.9. The van der Waals surface area contributed by atoms with Gasteiger partial charge in [-0.25, -0.2) is 9.37 Å². The van der Waals surface area contributed by atoms with Crippen molar-refractivity contribution >= 4 is 11.8 Å². The number of rotatable bonds is 4. The summed E-state index contributed by atoms with van der Waals surface area (Å²) in [4.78, 5) is 25.8. The number of amides is 2. The van der Waals surface area contributed by atoms with Gasteiger partial charge in [0, 0.05) is 6.20 Å². The third-order valence-electron chi connectivity index (χ3n) is 2.35. The standard InChI is InChI=1S/C11H13F2N3O2/c1-5(2)8(10(14)17)16-11(18)6-3-4-15-9(13)7(6)12/h3-5,8H,1-2H3,(H2,14,17)(H,16,18). The average Bonchev–Trinajstić information content (AvgIpc) is 2.28. The molecule has 2 amide bonds. The van der Waals surface area contributed by atoms with Crippen molar-refractivity contribution in [1.29, 1.82) is 0 Å². The van der Waals surface area contributed by atoms with E-state index in [0.29, 0.717) is 0 Å². The summed E-state index contributed by atoms with van der Waals surface area (Å²) >= 11 is 0. The molecule has 1 rings (SSSR count). The summed E-state index contributed by atoms with van der Waals surface area (Å²) in [5.74, 6) is -4.65. The van der Waals surface area contributed by atoms with Crippen LogP contribution in [0.1, 0.15) is 24.2 Å². The van der Waals surface area contributed by atoms with Crippen molar-refractivity contribution in [3.63, 3.8) is 0 Å². The highest BCUT2D eigenvalue weighted by Crippen LogP contribution is 2.10. The average molecular weight is 257 g/mol. The van der Waals surface area contributed by atoms with Crippen molar-refractivity contribution in [2.45, 2.75) is 19.9 Å². The van der Waals surface area contributed by atoms with Gasteiger partial charge in [-0.2, -0.15) is 4.39 Å². The topological polar surface area (TPSA) is 85.1 Å². The molecule has 0 aromatic carbocycles. The molecule has 1 atom stereocenters. The predicted molar refractivity (Wildman–Crippen MR) is 59.4 cm³/mol. The Balaban J connectivity index is 2.94. The molecule has 0 radical (unpaired) electrons. The summed E-state index contributed by atoms with van der Waals surface area (Å²) in [7, 11) is 0. The van der Waals surface area contributed by atoms with Crippen molar-refractivity contribution in [2.75, 3.05) is 0 Å². The fraction of sp³-hybridized carbons (Fsp3) is 0.364. The van der Waals surface area contributed by atoms with Crippen molar-refractivity contribution in [1.82, 2.24) is 10.3 Å². The molecule has 7 heteroatoms. The predicted octanol–water partition coefficient (Wildman–Crippen LogP) is 0.600. The van der Waals surface area contributed by atoms with Crippen LogP contribution in [0.5, 0.6) is 0 Å². The van der Waals surface area contributed by atoms with Crippen LogP contribution in [0, 0.1) is 17.7 Å². The number of pyridine rings is 1. The first kappa shape index (κ1) is 14.0. The molecule has 0 bridgehead atoms. The molecule has 1 heterocycles. The molecule has 0 aliphatic heterocycles. The Morgan fingerprint density at radius 1 is 1.39 bits per heavy atom. The van der Waals surface area contributed by atoms with E-state index in [1.807, 2.05) is 0 Å². The van der Waals surface area contributed by atoms with Gasteiger partial charge in [-0.1, -0.05) is 13.8 Å². The largest absolute Gasteiger partial charge is 0.368 e. The molecular formula is C11H13F2N3O2. The number of primary amides is 1. The monoisotopic (exact) mass is 257 g/mol. The van der Waals surface area contributed by atoms with Gasteiger partial charge in [0.05, 0.1) is 5.56 Å². The van der Waals surface area contributed by atoms with E-state index in [4.69, 9.17) is 5.73 Å². The smallest absolute Gasteiger partial charge is 0.255 e. The summed E-state index contributed by atoms with van der Waals surface area (Å²) in [6, 6.07) is 0.0692. The van der Waals surface area contributed by atoms with Gasteiger partial charge < -0.3 is 11.1 Å². The van der Waals surface area contributed by atoms with Crippen LogP contribution in [0.4, 0.5) is 8.78 Å². The summed E-state index contributed by atoms with van der Waals surface area (Å²) in [6.07, 6.45) is 0.960. The summed E-state index contributed by atoms with van der Waals surface area (Å²) in [6.45, 7) is 3.33. The Kier molecular flexibility index (Phi) is 4.30. The fourth-order valence-electron chi connectivity index (χ4n) is 1.38. The first-order valence-corrected chi connectivity index (χ1v) is 5.24. The molecule has 1 aromatic rings. The molecule has 0 aliphatic carbocycles. The molecule has 98 valence electrons. The molecule has 0 saturated heterocycles. The number of carbonyl (C=O) groups is 2. The van der Waals surface area contributed by atoms with E-state index >= 15 is 0 Å². The quantitative estimate of drug-likeness (QED) is 0.774. The molecule has 0 fully saturated rings. The lowest BCUT2D eigenvalue weighted by atomic mass is 10.0. The van der Waals surface area contributed by atoms with Gasteiger partial charge >= 0.3 is 0 Å². The van der Waals surface area contributed by atoms with Crippen LogP contribution in [-0.4, -0.2) is 22.8 Å². The highest BCUT2D eigenvalue weighted by Gasteiger charge is 2.24. The zero-order valence-electron chi connectivity index (χ0n) is 9.91. The molecule has 0 saturated carbocycles. The highest BCUT2D eigenvalue weighted by atomic mass is 19.2. The fourth-order valence-corrected chi connectivity index (χ4v) is 1.38. The number of hydrogen-bond acceptors (Lipinski definition) is 3. The first-order valence-electron chi connectivity index (χ1n) is 5.24. The van der Waals surface area contributed by atoms with Gasteiger partial charge in [-0.3, -0.25) is 9.59 Å². The normalized spacial score (nSPS) is 12.3. The van der Waals surface area contributed by atoms with Crippen molar-refractivity contribution in [3.8, 4) is 0 Å². The van der Waals surface area contributed by atoms with Crippen molar-refractivity contribution in [2.24, 2.45) is 11.7 Å². The van der Waals surface area contributed by atoms with Gasteiger partial charge in [0.15, 0.2) is 5.82 Å². The van der Waals surface area contributed by atoms with E-state index in [0.717, 1.165) is 12.3 Å². The second kappa shape index (κ2) is 5.52. The van der Waals surface area contributed by atoms with Crippen molar-refractivity contribution in [3.05, 3.63) is 29.6 Å². The second-order valence-electron chi connectivity index (χ2n) is 4.06. The maximum absolute atomic E-state index is 13.3. The molecule has 5 nitrogen and oxygen atoms in total. The van der Waals surface area contributed by atoms with E-state index in [2.05, 4.69) is 10.3 Å². The lowest BCUT2D eigenvalue weighted by molar-refractivity contribution is -0.120. The Labute approximate surface area is 102 Å². The van der Waals surface area contributed by atoms with Gasteiger partial charge in [-0.05, 0) is 12.0 Å². The van der Waals surface area contributed by atoms with Crippen LogP contribution in [0.2, 0.25) is 0 Å². The maximum atomic E-state index is 13.3. The summed E-state index contributed by atoms with van der Waals surface area (Å²) in [5, 5.41) is 2.25. The minimum absolute atomic E-state index is 0.263. The Bertz CT molecular complexity index is 477. The van der Waals surface area contributed by atoms with Crippen LogP contribution in [0.25, 0.3) is 0 Å². The minimum atomic E-state index is -1.37. The van der Waals surface area contributed by atoms with E-state index in [-0.39, 0.29) is 5.92 Å². The number of halogens is 2. The number of carbonyl (C=O) groups excluding carboxylic acids is 2. The van der Waals surface area contributed by atoms with Crippen molar-refractivity contribution < 1.29 is 18.4 Å². The van der Waals surface area contributed by atoms with Gasteiger partial charge in [0.1, 0.15) is 6.04 Å². The highest BCUT2D eigenvalue weighted by molar-refractivity contribution is 5.97. The number of nitrogens with zero attached hydrogens (tertiary/aromatic N) is 1. The molecule has 0 spiro atoms. The molecule has 0 aliphatic rings. The van der Waals surface area contributed by atoms with E-state index in [1.165, 1.54) is 0 Å². The van der Waals surface area contributed by atoms with Gasteiger partial charge in [0.2, 0.25) is 11.9 Å². The number of aromatic nitrogens is 1. The molecule has 3 N–H and O–H groups in total. The van der Waals surface area contributed by atoms with E-state index in [1.54, 1.807) is 13.8 Å². The second-order valence-corrected chi connectivity index (χ2v) is 4.06. The van der Waals surface area contributed by atoms with Crippen LogP contribution in [0.15, 0.2) is 12.3 Å². The summed E-state index contributed by atoms with van der Waals surface area (Å²) < 4.78 is 26.1. The zero-order valence-corrected chi connectivity index (χ0v) is 9.91. The number of nitrogens with one attached hydrogen (secondary N) is 1. The van der Waals surface area contributed by atoms with E-state index < -0.39 is 35.2 Å². The van der Waals surface area contributed by atoms with E-state index in [9.17, 15) is 18.4 Å². The number of hydrogen-bond donors (Lipinski definition) is 2. The number of nitrogens with two attached hydrogens (primary N) is 1.